The van der Waals surface area contributed by atoms with E-state index >= 15 is 0 Å². The van der Waals surface area contributed by atoms with Crippen LogP contribution in [0.3, 0.4) is 0 Å². The molecule has 0 aliphatic rings. The van der Waals surface area contributed by atoms with Crippen LogP contribution in [0, 0.1) is 37.3 Å². The Balaban J connectivity index is 2.06. The van der Waals surface area contributed by atoms with E-state index in [1.54, 1.807) is 48.2 Å². The van der Waals surface area contributed by atoms with Gasteiger partial charge in [0.25, 0.3) is 17.1 Å². The van der Waals surface area contributed by atoms with Crippen molar-refractivity contribution in [2.75, 3.05) is 12.0 Å². The van der Waals surface area contributed by atoms with Gasteiger partial charge in [-0.25, -0.2) is 0 Å². The van der Waals surface area contributed by atoms with E-state index in [-0.39, 0.29) is 17.1 Å². The van der Waals surface area contributed by atoms with Gasteiger partial charge in [0.05, 0.1) is 14.8 Å². The third-order valence-electron chi connectivity index (χ3n) is 6.57. The van der Waals surface area contributed by atoms with E-state index in [0.717, 1.165) is 38.7 Å². The fraction of sp³-hybridized carbons (Fsp3) is 0.103. The minimum absolute atomic E-state index is 0.0490. The number of thioether (sulfide) groups is 1. The topological polar surface area (TPSA) is 129 Å². The maximum absolute atomic E-state index is 11.4. The molecule has 0 aliphatic carbocycles. The first-order valence-corrected chi connectivity index (χ1v) is 13.6. The van der Waals surface area contributed by atoms with Crippen molar-refractivity contribution >= 4 is 57.5 Å². The third-order valence-corrected chi connectivity index (χ3v) is 7.14. The number of hydrogen-bond donors (Lipinski definition) is 0. The molecule has 0 saturated heterocycles. The van der Waals surface area contributed by atoms with Crippen LogP contribution in [0.5, 0.6) is 0 Å². The zero-order chi connectivity index (χ0) is 28.8. The lowest BCUT2D eigenvalue weighted by molar-refractivity contribution is -0.385. The molecule has 0 radical (unpaired) electrons. The Bertz CT molecular complexity index is 1520. The second kappa shape index (κ2) is 12.4. The molecular formula is C29H24BN3O6S. The van der Waals surface area contributed by atoms with E-state index in [1.165, 1.54) is 36.4 Å². The Morgan fingerprint density at radius 2 is 1.00 bits per heavy atom. The number of benzene rings is 4. The summed E-state index contributed by atoms with van der Waals surface area (Å²) in [6, 6.07) is 26.8. The molecule has 0 atom stereocenters. The zero-order valence-electron chi connectivity index (χ0n) is 21.7. The monoisotopic (exact) mass is 553 g/mol. The second-order valence-electron chi connectivity index (χ2n) is 9.13. The molecule has 0 spiro atoms. The van der Waals surface area contributed by atoms with Gasteiger partial charge in [-0.05, 0) is 42.0 Å². The normalized spacial score (nSPS) is 11.4. The molecular weight excluding hydrogens is 529 g/mol. The van der Waals surface area contributed by atoms with Crippen molar-refractivity contribution in [3.8, 4) is 0 Å². The van der Waals surface area contributed by atoms with E-state index in [1.807, 2.05) is 37.4 Å². The van der Waals surface area contributed by atoms with Gasteiger partial charge < -0.3 is 0 Å². The third kappa shape index (κ3) is 6.27. The summed E-state index contributed by atoms with van der Waals surface area (Å²) in [6.45, 7) is 1.50. The molecule has 0 fully saturated rings. The molecule has 0 saturated carbocycles. The summed E-state index contributed by atoms with van der Waals surface area (Å²) in [4.78, 5) is 32.8. The summed E-state index contributed by atoms with van der Waals surface area (Å²) in [7, 11) is 0. The first-order valence-electron chi connectivity index (χ1n) is 12.2. The van der Waals surface area contributed by atoms with Gasteiger partial charge in [0.15, 0.2) is 0 Å². The van der Waals surface area contributed by atoms with Crippen molar-refractivity contribution in [2.45, 2.75) is 6.92 Å². The smallest absolute Gasteiger partial charge is 0.258 e. The van der Waals surface area contributed by atoms with Crippen molar-refractivity contribution in [3.63, 3.8) is 0 Å². The Labute approximate surface area is 235 Å². The van der Waals surface area contributed by atoms with Crippen LogP contribution in [-0.4, -0.2) is 33.5 Å². The molecule has 9 nitrogen and oxygen atoms in total. The maximum atomic E-state index is 11.4. The van der Waals surface area contributed by atoms with Crippen LogP contribution in [0.2, 0.25) is 0 Å². The summed E-state index contributed by atoms with van der Waals surface area (Å²) < 4.78 is 0. The molecule has 0 bridgehead atoms. The molecule has 0 aliphatic heterocycles. The summed E-state index contributed by atoms with van der Waals surface area (Å²) in [5.41, 5.74) is 5.90. The van der Waals surface area contributed by atoms with Crippen molar-refractivity contribution in [3.05, 3.63) is 144 Å². The summed E-state index contributed by atoms with van der Waals surface area (Å²) in [5.74, 6) is 0.603. The van der Waals surface area contributed by atoms with Gasteiger partial charge in [0.2, 0.25) is 6.71 Å². The number of hydrogen-bond acceptors (Lipinski definition) is 7. The van der Waals surface area contributed by atoms with E-state index in [0.29, 0.717) is 5.75 Å². The first-order chi connectivity index (χ1) is 19.2. The van der Waals surface area contributed by atoms with Gasteiger partial charge in [-0.1, -0.05) is 70.5 Å². The quantitative estimate of drug-likeness (QED) is 0.104. The van der Waals surface area contributed by atoms with Gasteiger partial charge in [-0.2, -0.15) is 11.8 Å². The number of non-ortho nitro benzene ring substituents is 3. The lowest BCUT2D eigenvalue weighted by Gasteiger charge is -2.24. The Morgan fingerprint density at radius 3 is 1.38 bits per heavy atom. The Kier molecular flexibility index (Phi) is 8.75. The van der Waals surface area contributed by atoms with E-state index in [2.05, 4.69) is 0 Å². The van der Waals surface area contributed by atoms with Gasteiger partial charge in [-0.3, -0.25) is 30.3 Å². The summed E-state index contributed by atoms with van der Waals surface area (Å²) >= 11 is 1.62. The van der Waals surface area contributed by atoms with Crippen LogP contribution in [0.25, 0.3) is 11.0 Å². The second-order valence-corrected chi connectivity index (χ2v) is 9.99. The van der Waals surface area contributed by atoms with E-state index in [4.69, 9.17) is 0 Å². The van der Waals surface area contributed by atoms with Gasteiger partial charge in [0, 0.05) is 42.2 Å². The lowest BCUT2D eigenvalue weighted by atomic mass is 9.34. The van der Waals surface area contributed by atoms with Gasteiger partial charge in [-0.15, -0.1) is 0 Å². The maximum Gasteiger partial charge on any atom is 0.269 e. The predicted molar refractivity (Wildman–Crippen MR) is 161 cm³/mol. The highest BCUT2D eigenvalue weighted by Crippen LogP contribution is 2.32. The van der Waals surface area contributed by atoms with Crippen molar-refractivity contribution in [2.24, 2.45) is 0 Å². The number of nitro benzene ring substituents is 3. The molecule has 40 heavy (non-hydrogen) atoms. The lowest BCUT2D eigenvalue weighted by Crippen LogP contribution is -2.44. The average molecular weight is 553 g/mol. The van der Waals surface area contributed by atoms with E-state index < -0.39 is 21.5 Å². The van der Waals surface area contributed by atoms with Crippen molar-refractivity contribution in [1.82, 2.24) is 0 Å². The molecule has 4 rings (SSSR count). The minimum Gasteiger partial charge on any atom is -0.258 e. The molecule has 4 aromatic rings. The molecule has 200 valence electrons. The summed E-state index contributed by atoms with van der Waals surface area (Å²) in [5, 5.41) is 34.2. The molecule has 0 amide bonds. The predicted octanol–water partition coefficient (Wildman–Crippen LogP) is 5.84. The SMILES string of the molecule is CSC/C(=C(\B(c1ccc([N+](=O)[O-])cc1)c1ccc([N+](=O)[O-])cc1)c1ccc([N+](=O)[O-])cc1)c1ccc(C)cc1. The molecule has 4 aromatic carbocycles. The number of nitro groups is 3. The number of rotatable bonds is 10. The highest BCUT2D eigenvalue weighted by molar-refractivity contribution is 7.99. The van der Waals surface area contributed by atoms with Crippen LogP contribution in [0.1, 0.15) is 16.7 Å². The van der Waals surface area contributed by atoms with Crippen LogP contribution in [0.15, 0.2) is 97.1 Å². The molecule has 0 unspecified atom stereocenters. The minimum atomic E-state index is -0.494. The first kappa shape index (κ1) is 28.2. The average Bonchev–Trinajstić information content (AvgIpc) is 2.95. The Morgan fingerprint density at radius 1 is 0.625 bits per heavy atom. The number of aryl methyl sites for hydroxylation is 1. The molecule has 0 N–H and O–H groups in total. The van der Waals surface area contributed by atoms with Crippen LogP contribution in [0.4, 0.5) is 17.1 Å². The fourth-order valence-corrected chi connectivity index (χ4v) is 5.21. The van der Waals surface area contributed by atoms with Crippen molar-refractivity contribution < 1.29 is 14.8 Å². The molecule has 11 heteroatoms. The van der Waals surface area contributed by atoms with Crippen LogP contribution >= 0.6 is 11.8 Å². The molecule has 0 aromatic heterocycles. The van der Waals surface area contributed by atoms with Crippen LogP contribution in [-0.2, 0) is 0 Å². The van der Waals surface area contributed by atoms with E-state index in [9.17, 15) is 30.3 Å². The van der Waals surface area contributed by atoms with Crippen LogP contribution < -0.4 is 10.9 Å². The highest BCUT2D eigenvalue weighted by Gasteiger charge is 2.30. The fourth-order valence-electron chi connectivity index (χ4n) is 4.60. The standard InChI is InChI=1S/C29H24BN3O6S/c1-20-3-5-21(6-4-20)28(19-40-2)29(22-7-13-25(14-8-22)31(34)35)30(23-9-15-26(16-10-23)32(36)37)24-11-17-27(18-12-24)33(38)39/h3-18H,19H2,1-2H3/b29-28+. The van der Waals surface area contributed by atoms with Gasteiger partial charge >= 0.3 is 0 Å². The van der Waals surface area contributed by atoms with Crippen molar-refractivity contribution in [1.29, 1.82) is 0 Å². The largest absolute Gasteiger partial charge is 0.269 e. The number of nitrogens with zero attached hydrogens (tertiary/aromatic N) is 3. The van der Waals surface area contributed by atoms with Gasteiger partial charge in [0.1, 0.15) is 0 Å². The zero-order valence-corrected chi connectivity index (χ0v) is 22.5. The highest BCUT2D eigenvalue weighted by atomic mass is 32.2. The molecule has 0 heterocycles. The summed E-state index contributed by atoms with van der Waals surface area (Å²) in [6.07, 6.45) is 1.98. The Hall–Kier alpha value is -4.77.